The van der Waals surface area contributed by atoms with Crippen molar-refractivity contribution in [1.29, 1.82) is 0 Å². The average Bonchev–Trinajstić information content (AvgIpc) is 2.72. The number of aromatic nitrogens is 2. The Balaban J connectivity index is 2.76. The Morgan fingerprint density at radius 1 is 1.56 bits per heavy atom. The monoisotopic (exact) mass is 293 g/mol. The molecular weight excluding hydrogens is 278 g/mol. The summed E-state index contributed by atoms with van der Waals surface area (Å²) < 4.78 is 24.1. The summed E-state index contributed by atoms with van der Waals surface area (Å²) in [6, 6.07) is 0. The minimum absolute atomic E-state index is 0.0432. The molecule has 0 aliphatic carbocycles. The highest BCUT2D eigenvalue weighted by Crippen LogP contribution is 2.15. The Kier molecular flexibility index (Phi) is 5.15. The third-order valence-corrected chi connectivity index (χ3v) is 3.66. The second-order valence-corrected chi connectivity index (χ2v) is 6.27. The molecule has 8 heteroatoms. The number of imidazole rings is 1. The van der Waals surface area contributed by atoms with E-state index in [-0.39, 0.29) is 10.9 Å². The van der Waals surface area contributed by atoms with Gasteiger partial charge in [-0.2, -0.15) is 0 Å². The van der Waals surface area contributed by atoms with Crippen LogP contribution in [0.4, 0.5) is 0 Å². The van der Waals surface area contributed by atoms with Gasteiger partial charge in [0.2, 0.25) is 5.91 Å². The van der Waals surface area contributed by atoms with Crippen molar-refractivity contribution in [3.8, 4) is 0 Å². The molecule has 18 heavy (non-hydrogen) atoms. The molecule has 1 aromatic rings. The molecule has 0 aliphatic heterocycles. The summed E-state index contributed by atoms with van der Waals surface area (Å²) >= 11 is 0. The Labute approximate surface area is 111 Å². The first-order valence-corrected chi connectivity index (χ1v) is 7.90. The number of hydrogen-bond acceptors (Lipinski definition) is 4. The molecule has 1 rings (SSSR count). The van der Waals surface area contributed by atoms with Crippen LogP contribution in [0.1, 0.15) is 25.6 Å². The number of carbonyl (C=O) groups excluding carboxylic acids is 1. The number of rotatable bonds is 6. The maximum atomic E-state index is 11.2. The summed E-state index contributed by atoms with van der Waals surface area (Å²) in [5, 5.41) is 2.39. The molecular formula is C10H16ClN3O3S. The lowest BCUT2D eigenvalue weighted by atomic mass is 10.3. The van der Waals surface area contributed by atoms with Gasteiger partial charge in [0.15, 0.2) is 5.03 Å². The van der Waals surface area contributed by atoms with Crippen LogP contribution >= 0.6 is 10.7 Å². The minimum Gasteiger partial charge on any atom is -0.359 e. The van der Waals surface area contributed by atoms with Gasteiger partial charge in [0.05, 0.1) is 0 Å². The fourth-order valence-electron chi connectivity index (χ4n) is 1.56. The van der Waals surface area contributed by atoms with Gasteiger partial charge in [-0.05, 0) is 6.42 Å². The van der Waals surface area contributed by atoms with Gasteiger partial charge in [-0.25, -0.2) is 13.4 Å². The molecule has 1 amide bonds. The van der Waals surface area contributed by atoms with E-state index in [0.717, 1.165) is 0 Å². The summed E-state index contributed by atoms with van der Waals surface area (Å²) in [5.41, 5.74) is 0. The minimum atomic E-state index is -3.80. The lowest BCUT2D eigenvalue weighted by Gasteiger charge is -2.05. The van der Waals surface area contributed by atoms with E-state index in [2.05, 4.69) is 10.3 Å². The van der Waals surface area contributed by atoms with Gasteiger partial charge in [0, 0.05) is 43.3 Å². The molecule has 0 aliphatic rings. The summed E-state index contributed by atoms with van der Waals surface area (Å²) in [7, 11) is 3.02. The predicted octanol–water partition coefficient (Wildman–Crippen LogP) is 0.899. The maximum absolute atomic E-state index is 11.2. The zero-order chi connectivity index (χ0) is 13.8. The topological polar surface area (TPSA) is 81.1 Å². The number of hydrogen-bond donors (Lipinski definition) is 1. The lowest BCUT2D eigenvalue weighted by molar-refractivity contribution is -0.120. The fourth-order valence-corrected chi connectivity index (χ4v) is 2.25. The smallest absolute Gasteiger partial charge is 0.280 e. The van der Waals surface area contributed by atoms with E-state index in [1.54, 1.807) is 11.6 Å². The van der Waals surface area contributed by atoms with Gasteiger partial charge in [-0.1, -0.05) is 6.92 Å². The molecule has 0 radical (unpaired) electrons. The third kappa shape index (κ3) is 3.99. The van der Waals surface area contributed by atoms with Crippen molar-refractivity contribution in [3.63, 3.8) is 0 Å². The summed E-state index contributed by atoms with van der Waals surface area (Å²) in [5.74, 6) is 0.601. The van der Waals surface area contributed by atoms with Crippen LogP contribution in [0.2, 0.25) is 0 Å². The van der Waals surface area contributed by atoms with Gasteiger partial charge in [-0.15, -0.1) is 0 Å². The average molecular weight is 294 g/mol. The predicted molar refractivity (Wildman–Crippen MR) is 67.9 cm³/mol. The summed E-state index contributed by atoms with van der Waals surface area (Å²) in [6.07, 6.45) is 3.02. The fraction of sp³-hybridized carbons (Fsp3) is 0.600. The SMILES string of the molecule is CCc1nc(S(=O)(=O)Cl)cn1CCCC(=O)NC. The van der Waals surface area contributed by atoms with Crippen molar-refractivity contribution < 1.29 is 13.2 Å². The lowest BCUT2D eigenvalue weighted by Crippen LogP contribution is -2.17. The molecule has 0 fully saturated rings. The highest BCUT2D eigenvalue weighted by Gasteiger charge is 2.16. The Bertz CT molecular complexity index is 524. The van der Waals surface area contributed by atoms with Crippen molar-refractivity contribution in [2.45, 2.75) is 37.8 Å². The largest absolute Gasteiger partial charge is 0.359 e. The number of nitrogens with one attached hydrogen (secondary N) is 1. The summed E-state index contributed by atoms with van der Waals surface area (Å²) in [6.45, 7) is 2.41. The Morgan fingerprint density at radius 3 is 2.72 bits per heavy atom. The van der Waals surface area contributed by atoms with E-state index in [9.17, 15) is 13.2 Å². The molecule has 1 N–H and O–H groups in total. The zero-order valence-corrected chi connectivity index (χ0v) is 11.9. The molecule has 0 unspecified atom stereocenters. The molecule has 0 aromatic carbocycles. The first-order chi connectivity index (χ1) is 8.38. The van der Waals surface area contributed by atoms with Gasteiger partial charge in [0.1, 0.15) is 5.82 Å². The van der Waals surface area contributed by atoms with E-state index in [1.807, 2.05) is 6.92 Å². The molecule has 0 spiro atoms. The highest BCUT2D eigenvalue weighted by atomic mass is 35.7. The molecule has 0 atom stereocenters. The second-order valence-electron chi connectivity index (χ2n) is 3.76. The molecule has 102 valence electrons. The molecule has 0 saturated carbocycles. The normalized spacial score (nSPS) is 11.5. The van der Waals surface area contributed by atoms with Crippen LogP contribution in [0.5, 0.6) is 0 Å². The number of amides is 1. The van der Waals surface area contributed by atoms with Crippen molar-refractivity contribution in [2.75, 3.05) is 7.05 Å². The van der Waals surface area contributed by atoms with E-state index < -0.39 is 9.05 Å². The second kappa shape index (κ2) is 6.19. The first kappa shape index (κ1) is 15.0. The van der Waals surface area contributed by atoms with E-state index in [0.29, 0.717) is 31.6 Å². The van der Waals surface area contributed by atoms with Crippen molar-refractivity contribution in [1.82, 2.24) is 14.9 Å². The first-order valence-electron chi connectivity index (χ1n) is 5.59. The van der Waals surface area contributed by atoms with E-state index in [4.69, 9.17) is 10.7 Å². The number of nitrogens with zero attached hydrogens (tertiary/aromatic N) is 2. The number of halogens is 1. The van der Waals surface area contributed by atoms with Crippen LogP contribution in [0, 0.1) is 0 Å². The van der Waals surface area contributed by atoms with Crippen LogP contribution in [0.25, 0.3) is 0 Å². The van der Waals surface area contributed by atoms with Crippen LogP contribution in [-0.2, 0) is 26.8 Å². The number of carbonyl (C=O) groups is 1. The van der Waals surface area contributed by atoms with Crippen molar-refractivity contribution in [3.05, 3.63) is 12.0 Å². The van der Waals surface area contributed by atoms with Gasteiger partial charge >= 0.3 is 0 Å². The van der Waals surface area contributed by atoms with E-state index >= 15 is 0 Å². The molecule has 1 heterocycles. The quantitative estimate of drug-likeness (QED) is 0.790. The molecule has 0 saturated heterocycles. The molecule has 1 aromatic heterocycles. The molecule has 0 bridgehead atoms. The Hall–Kier alpha value is -1.08. The molecule has 6 nitrogen and oxygen atoms in total. The van der Waals surface area contributed by atoms with Crippen LogP contribution < -0.4 is 5.32 Å². The standard InChI is InChI=1S/C10H16ClN3O3S/c1-3-8-13-10(18(11,16)17)7-14(8)6-4-5-9(15)12-2/h7H,3-6H2,1-2H3,(H,12,15). The van der Waals surface area contributed by atoms with Crippen LogP contribution in [-0.4, -0.2) is 30.9 Å². The van der Waals surface area contributed by atoms with Gasteiger partial charge in [-0.3, -0.25) is 4.79 Å². The van der Waals surface area contributed by atoms with Gasteiger partial charge < -0.3 is 9.88 Å². The third-order valence-electron chi connectivity index (χ3n) is 2.48. The highest BCUT2D eigenvalue weighted by molar-refractivity contribution is 8.13. The Morgan fingerprint density at radius 2 is 2.22 bits per heavy atom. The van der Waals surface area contributed by atoms with Crippen molar-refractivity contribution >= 4 is 25.6 Å². The van der Waals surface area contributed by atoms with Crippen LogP contribution in [0.3, 0.4) is 0 Å². The zero-order valence-electron chi connectivity index (χ0n) is 10.3. The number of aryl methyl sites for hydroxylation is 2. The van der Waals surface area contributed by atoms with Gasteiger partial charge in [0.25, 0.3) is 9.05 Å². The van der Waals surface area contributed by atoms with Crippen molar-refractivity contribution in [2.24, 2.45) is 0 Å². The van der Waals surface area contributed by atoms with E-state index in [1.165, 1.54) is 6.20 Å². The maximum Gasteiger partial charge on any atom is 0.280 e. The van der Waals surface area contributed by atoms with Crippen LogP contribution in [0.15, 0.2) is 11.2 Å². The summed E-state index contributed by atoms with van der Waals surface area (Å²) in [4.78, 5) is 15.0.